The maximum absolute atomic E-state index is 11.6. The van der Waals surface area contributed by atoms with E-state index in [1.54, 1.807) is 18.1 Å². The first-order valence-corrected chi connectivity index (χ1v) is 7.14. The zero-order valence-electron chi connectivity index (χ0n) is 11.4. The predicted octanol–water partition coefficient (Wildman–Crippen LogP) is 1.24. The van der Waals surface area contributed by atoms with Gasteiger partial charge in [-0.05, 0) is 27.0 Å². The molecule has 1 heterocycles. The molecule has 2 amide bonds. The van der Waals surface area contributed by atoms with E-state index in [0.29, 0.717) is 13.1 Å². The van der Waals surface area contributed by atoms with Gasteiger partial charge in [-0.25, -0.2) is 4.79 Å². The Morgan fingerprint density at radius 3 is 2.83 bits per heavy atom. The quantitative estimate of drug-likeness (QED) is 0.816. The number of urea groups is 1. The van der Waals surface area contributed by atoms with Crippen molar-refractivity contribution < 1.29 is 4.79 Å². The molecule has 0 aliphatic carbocycles. The van der Waals surface area contributed by atoms with E-state index in [1.807, 2.05) is 17.7 Å². The summed E-state index contributed by atoms with van der Waals surface area (Å²) < 4.78 is 1.94. The van der Waals surface area contributed by atoms with Gasteiger partial charge in [0.05, 0.1) is 6.54 Å². The Hall–Kier alpha value is -1.24. The van der Waals surface area contributed by atoms with Crippen LogP contribution in [0, 0.1) is 0 Å². The van der Waals surface area contributed by atoms with E-state index in [2.05, 4.69) is 34.7 Å². The fourth-order valence-corrected chi connectivity index (χ4v) is 1.48. The summed E-state index contributed by atoms with van der Waals surface area (Å²) in [6.07, 6.45) is 3.69. The van der Waals surface area contributed by atoms with Crippen LogP contribution in [0.1, 0.15) is 26.6 Å². The van der Waals surface area contributed by atoms with Crippen LogP contribution in [0.25, 0.3) is 0 Å². The Morgan fingerprint density at radius 1 is 1.50 bits per heavy atom. The lowest BCUT2D eigenvalue weighted by atomic mass is 10.2. The highest BCUT2D eigenvalue weighted by Crippen LogP contribution is 2.19. The minimum atomic E-state index is -0.178. The van der Waals surface area contributed by atoms with Gasteiger partial charge in [0.15, 0.2) is 5.82 Å². The summed E-state index contributed by atoms with van der Waals surface area (Å²) in [5.41, 5.74) is 0. The predicted molar refractivity (Wildman–Crippen MR) is 73.5 cm³/mol. The van der Waals surface area contributed by atoms with Gasteiger partial charge < -0.3 is 15.2 Å². The molecule has 0 bridgehead atoms. The SMILES string of the molecule is CCn1cnnc1CNC(=O)NCC(C)(C)SC. The molecule has 102 valence electrons. The Morgan fingerprint density at radius 2 is 2.22 bits per heavy atom. The van der Waals surface area contributed by atoms with E-state index >= 15 is 0 Å². The second kappa shape index (κ2) is 6.63. The van der Waals surface area contributed by atoms with Gasteiger partial charge in [-0.2, -0.15) is 11.8 Å². The van der Waals surface area contributed by atoms with E-state index in [4.69, 9.17) is 0 Å². The highest BCUT2D eigenvalue weighted by atomic mass is 32.2. The third kappa shape index (κ3) is 4.56. The number of carbonyl (C=O) groups excluding carboxylic acids is 1. The number of thioether (sulfide) groups is 1. The topological polar surface area (TPSA) is 71.8 Å². The van der Waals surface area contributed by atoms with Crippen LogP contribution in [-0.4, -0.2) is 38.3 Å². The maximum Gasteiger partial charge on any atom is 0.315 e. The third-order valence-electron chi connectivity index (χ3n) is 2.67. The number of amides is 2. The Bertz CT molecular complexity index is 391. The summed E-state index contributed by atoms with van der Waals surface area (Å²) in [6.45, 7) is 8.00. The molecule has 0 unspecified atom stereocenters. The zero-order valence-corrected chi connectivity index (χ0v) is 12.2. The largest absolute Gasteiger partial charge is 0.337 e. The summed E-state index contributed by atoms with van der Waals surface area (Å²) >= 11 is 1.72. The van der Waals surface area contributed by atoms with Crippen molar-refractivity contribution in [2.24, 2.45) is 0 Å². The normalized spacial score (nSPS) is 11.3. The summed E-state index contributed by atoms with van der Waals surface area (Å²) in [6, 6.07) is -0.178. The molecule has 0 spiro atoms. The number of carbonyl (C=O) groups is 1. The third-order valence-corrected chi connectivity index (χ3v) is 3.92. The van der Waals surface area contributed by atoms with Crippen LogP contribution in [0.2, 0.25) is 0 Å². The molecule has 18 heavy (non-hydrogen) atoms. The number of rotatable bonds is 6. The zero-order chi connectivity index (χ0) is 13.6. The van der Waals surface area contributed by atoms with Crippen molar-refractivity contribution >= 4 is 17.8 Å². The van der Waals surface area contributed by atoms with Crippen molar-refractivity contribution in [3.05, 3.63) is 12.2 Å². The van der Waals surface area contributed by atoms with Crippen LogP contribution in [-0.2, 0) is 13.1 Å². The Balaban J connectivity index is 2.34. The number of hydrogen-bond acceptors (Lipinski definition) is 4. The fraction of sp³-hybridized carbons (Fsp3) is 0.727. The van der Waals surface area contributed by atoms with Crippen LogP contribution in [0.4, 0.5) is 4.79 Å². The van der Waals surface area contributed by atoms with Crippen molar-refractivity contribution in [1.82, 2.24) is 25.4 Å². The number of aromatic nitrogens is 3. The molecule has 1 aromatic rings. The Labute approximate surface area is 112 Å². The molecule has 7 heteroatoms. The highest BCUT2D eigenvalue weighted by molar-refractivity contribution is 7.99. The summed E-state index contributed by atoms with van der Waals surface area (Å²) in [5, 5.41) is 13.4. The summed E-state index contributed by atoms with van der Waals surface area (Å²) in [4.78, 5) is 11.6. The van der Waals surface area contributed by atoms with Crippen LogP contribution in [0.15, 0.2) is 6.33 Å². The molecule has 2 N–H and O–H groups in total. The number of aryl methyl sites for hydroxylation is 1. The second-order valence-electron chi connectivity index (χ2n) is 4.53. The fourth-order valence-electron chi connectivity index (χ4n) is 1.27. The van der Waals surface area contributed by atoms with E-state index in [-0.39, 0.29) is 10.8 Å². The monoisotopic (exact) mass is 271 g/mol. The minimum absolute atomic E-state index is 0.0424. The molecule has 0 atom stereocenters. The van der Waals surface area contributed by atoms with Crippen LogP contribution >= 0.6 is 11.8 Å². The molecule has 0 radical (unpaired) electrons. The van der Waals surface area contributed by atoms with Crippen molar-refractivity contribution in [2.75, 3.05) is 12.8 Å². The van der Waals surface area contributed by atoms with E-state index in [0.717, 1.165) is 12.4 Å². The average Bonchev–Trinajstić information content (AvgIpc) is 2.81. The lowest BCUT2D eigenvalue weighted by Crippen LogP contribution is -2.42. The van der Waals surface area contributed by atoms with Gasteiger partial charge in [0, 0.05) is 17.8 Å². The van der Waals surface area contributed by atoms with Crippen molar-refractivity contribution in [3.8, 4) is 0 Å². The van der Waals surface area contributed by atoms with Crippen LogP contribution < -0.4 is 10.6 Å². The van der Waals surface area contributed by atoms with Crippen molar-refractivity contribution in [1.29, 1.82) is 0 Å². The number of hydrogen-bond donors (Lipinski definition) is 2. The van der Waals surface area contributed by atoms with Gasteiger partial charge >= 0.3 is 6.03 Å². The molecule has 1 rings (SSSR count). The molecule has 0 aromatic carbocycles. The first-order chi connectivity index (χ1) is 8.48. The first-order valence-electron chi connectivity index (χ1n) is 5.92. The molecule has 6 nitrogen and oxygen atoms in total. The molecule has 0 fully saturated rings. The highest BCUT2D eigenvalue weighted by Gasteiger charge is 2.16. The van der Waals surface area contributed by atoms with Crippen molar-refractivity contribution in [2.45, 2.75) is 38.6 Å². The molecule has 0 aliphatic rings. The molecule has 0 saturated carbocycles. The van der Waals surface area contributed by atoms with Crippen molar-refractivity contribution in [3.63, 3.8) is 0 Å². The standard InChI is InChI=1S/C11H21N5OS/c1-5-16-8-14-15-9(16)6-12-10(17)13-7-11(2,3)18-4/h8H,5-7H2,1-4H3,(H2,12,13,17). The molecule has 1 aromatic heterocycles. The van der Waals surface area contributed by atoms with Crippen LogP contribution in [0.5, 0.6) is 0 Å². The van der Waals surface area contributed by atoms with Gasteiger partial charge in [-0.3, -0.25) is 0 Å². The van der Waals surface area contributed by atoms with E-state index in [9.17, 15) is 4.79 Å². The average molecular weight is 271 g/mol. The van der Waals surface area contributed by atoms with E-state index < -0.39 is 0 Å². The summed E-state index contributed by atoms with van der Waals surface area (Å²) in [7, 11) is 0. The minimum Gasteiger partial charge on any atom is -0.337 e. The lowest BCUT2D eigenvalue weighted by molar-refractivity contribution is 0.239. The Kier molecular flexibility index (Phi) is 5.46. The number of nitrogens with zero attached hydrogens (tertiary/aromatic N) is 3. The second-order valence-corrected chi connectivity index (χ2v) is 6.05. The van der Waals surface area contributed by atoms with Gasteiger partial charge in [0.2, 0.25) is 0 Å². The van der Waals surface area contributed by atoms with Crippen LogP contribution in [0.3, 0.4) is 0 Å². The molecular formula is C11H21N5OS. The molecular weight excluding hydrogens is 250 g/mol. The number of nitrogens with one attached hydrogen (secondary N) is 2. The van der Waals surface area contributed by atoms with E-state index in [1.165, 1.54) is 0 Å². The summed E-state index contributed by atoms with van der Waals surface area (Å²) in [5.74, 6) is 0.761. The van der Waals surface area contributed by atoms with Gasteiger partial charge in [-0.1, -0.05) is 0 Å². The maximum atomic E-state index is 11.6. The smallest absolute Gasteiger partial charge is 0.315 e. The van der Waals surface area contributed by atoms with Gasteiger partial charge in [-0.15, -0.1) is 10.2 Å². The van der Waals surface area contributed by atoms with Gasteiger partial charge in [0.1, 0.15) is 6.33 Å². The lowest BCUT2D eigenvalue weighted by Gasteiger charge is -2.22. The molecule has 0 saturated heterocycles. The molecule has 0 aliphatic heterocycles. The first kappa shape index (κ1) is 14.8. The van der Waals surface area contributed by atoms with Gasteiger partial charge in [0.25, 0.3) is 0 Å².